The number of carbonyl (C=O) groups excluding carboxylic acids is 2. The number of hydrogen-bond acceptors (Lipinski definition) is 3. The number of methoxy groups -OCH3 is 1. The normalized spacial score (nSPS) is 9.31. The van der Waals surface area contributed by atoms with Gasteiger partial charge in [-0.3, -0.25) is 0 Å². The Morgan fingerprint density at radius 2 is 2.46 bits per heavy atom. The molecule has 13 heavy (non-hydrogen) atoms. The first-order chi connectivity index (χ1) is 6.27. The van der Waals surface area contributed by atoms with Gasteiger partial charge in [-0.1, -0.05) is 6.07 Å². The van der Waals surface area contributed by atoms with Crippen molar-refractivity contribution >= 4 is 12.3 Å². The summed E-state index contributed by atoms with van der Waals surface area (Å²) < 4.78 is 4.53. The average Bonchev–Trinajstić information content (AvgIpc) is 2.18. The van der Waals surface area contributed by atoms with Crippen LogP contribution in [0.5, 0.6) is 0 Å². The summed E-state index contributed by atoms with van der Waals surface area (Å²) in [6, 6.07) is 7.65. The molecule has 0 aliphatic carbocycles. The molecule has 0 amide bonds. The van der Waals surface area contributed by atoms with E-state index in [0.717, 1.165) is 6.29 Å². The fourth-order valence-electron chi connectivity index (χ4n) is 0.968. The average molecular weight is 177 g/mol. The monoisotopic (exact) mass is 177 g/mol. The number of carbonyl (C=O) groups is 2. The van der Waals surface area contributed by atoms with E-state index in [1.54, 1.807) is 18.2 Å². The van der Waals surface area contributed by atoms with Crippen molar-refractivity contribution in [2.45, 2.75) is 6.42 Å². The maximum atomic E-state index is 11.0. The SMILES string of the molecule is COC(=O)c1cc[c]c(CC=O)c1. The molecule has 0 fully saturated rings. The molecule has 0 aliphatic rings. The number of benzene rings is 1. The summed E-state index contributed by atoms with van der Waals surface area (Å²) in [4.78, 5) is 21.2. The molecule has 0 unspecified atom stereocenters. The maximum absolute atomic E-state index is 11.0. The third kappa shape index (κ3) is 2.40. The number of esters is 1. The van der Waals surface area contributed by atoms with Crippen molar-refractivity contribution in [1.82, 2.24) is 0 Å². The molecule has 1 rings (SSSR count). The quantitative estimate of drug-likeness (QED) is 0.511. The molecule has 3 heteroatoms. The predicted octanol–water partition coefficient (Wildman–Crippen LogP) is 1.01. The van der Waals surface area contributed by atoms with Gasteiger partial charge < -0.3 is 9.53 Å². The van der Waals surface area contributed by atoms with E-state index in [1.165, 1.54) is 7.11 Å². The van der Waals surface area contributed by atoms with Crippen LogP contribution in [-0.2, 0) is 16.0 Å². The highest BCUT2D eigenvalue weighted by Crippen LogP contribution is 2.05. The van der Waals surface area contributed by atoms with E-state index in [2.05, 4.69) is 10.8 Å². The molecule has 0 atom stereocenters. The first kappa shape index (κ1) is 9.45. The lowest BCUT2D eigenvalue weighted by molar-refractivity contribution is -0.107. The lowest BCUT2D eigenvalue weighted by atomic mass is 10.1. The van der Waals surface area contributed by atoms with E-state index >= 15 is 0 Å². The zero-order chi connectivity index (χ0) is 9.68. The van der Waals surface area contributed by atoms with Gasteiger partial charge in [0.2, 0.25) is 0 Å². The van der Waals surface area contributed by atoms with Crippen LogP contribution in [0.25, 0.3) is 0 Å². The van der Waals surface area contributed by atoms with Crippen LogP contribution in [0.15, 0.2) is 18.2 Å². The fourth-order valence-corrected chi connectivity index (χ4v) is 0.968. The third-order valence-corrected chi connectivity index (χ3v) is 1.59. The topological polar surface area (TPSA) is 43.4 Å². The van der Waals surface area contributed by atoms with Crippen LogP contribution in [0, 0.1) is 6.07 Å². The lowest BCUT2D eigenvalue weighted by Crippen LogP contribution is -2.01. The van der Waals surface area contributed by atoms with Crippen LogP contribution >= 0.6 is 0 Å². The maximum Gasteiger partial charge on any atom is 0.337 e. The number of ether oxygens (including phenoxy) is 1. The Kier molecular flexibility index (Phi) is 3.20. The van der Waals surface area contributed by atoms with Crippen LogP contribution < -0.4 is 0 Å². The molecular formula is C10H9O3. The minimum atomic E-state index is -0.402. The lowest BCUT2D eigenvalue weighted by Gasteiger charge is -1.99. The van der Waals surface area contributed by atoms with Crippen LogP contribution in [0.3, 0.4) is 0 Å². The smallest absolute Gasteiger partial charge is 0.337 e. The standard InChI is InChI=1S/C10H9O3/c1-13-10(12)9-4-2-3-8(7-9)5-6-11/h2,4,6-7H,5H2,1H3. The van der Waals surface area contributed by atoms with Gasteiger partial charge in [0.1, 0.15) is 6.29 Å². The van der Waals surface area contributed by atoms with Crippen molar-refractivity contribution in [2.24, 2.45) is 0 Å². The highest BCUT2D eigenvalue weighted by Gasteiger charge is 2.04. The van der Waals surface area contributed by atoms with Crippen LogP contribution in [-0.4, -0.2) is 19.4 Å². The van der Waals surface area contributed by atoms with Gasteiger partial charge in [-0.15, -0.1) is 0 Å². The Hall–Kier alpha value is -1.64. The molecule has 0 spiro atoms. The highest BCUT2D eigenvalue weighted by molar-refractivity contribution is 5.89. The summed E-state index contributed by atoms with van der Waals surface area (Å²) in [5.41, 5.74) is 1.14. The Labute approximate surface area is 76.3 Å². The van der Waals surface area contributed by atoms with E-state index in [-0.39, 0.29) is 6.42 Å². The van der Waals surface area contributed by atoms with Gasteiger partial charge in [-0.2, -0.15) is 0 Å². The molecule has 0 saturated heterocycles. The summed E-state index contributed by atoms with van der Waals surface area (Å²) >= 11 is 0. The van der Waals surface area contributed by atoms with Gasteiger partial charge in [0.05, 0.1) is 12.7 Å². The molecule has 0 saturated carbocycles. The molecule has 0 bridgehead atoms. The summed E-state index contributed by atoms with van der Waals surface area (Å²) in [5, 5.41) is 0. The molecule has 0 N–H and O–H groups in total. The van der Waals surface area contributed by atoms with Gasteiger partial charge in [0.25, 0.3) is 0 Å². The van der Waals surface area contributed by atoms with E-state index < -0.39 is 5.97 Å². The van der Waals surface area contributed by atoms with Crippen molar-refractivity contribution in [3.8, 4) is 0 Å². The third-order valence-electron chi connectivity index (χ3n) is 1.59. The van der Waals surface area contributed by atoms with Crippen molar-refractivity contribution in [3.05, 3.63) is 35.4 Å². The van der Waals surface area contributed by atoms with Gasteiger partial charge in [-0.25, -0.2) is 4.79 Å². The Morgan fingerprint density at radius 3 is 3.08 bits per heavy atom. The van der Waals surface area contributed by atoms with E-state index in [9.17, 15) is 9.59 Å². The Balaban J connectivity index is 2.90. The van der Waals surface area contributed by atoms with E-state index in [0.29, 0.717) is 11.1 Å². The first-order valence-electron chi connectivity index (χ1n) is 3.80. The van der Waals surface area contributed by atoms with Gasteiger partial charge >= 0.3 is 5.97 Å². The molecule has 67 valence electrons. The molecule has 0 heterocycles. The predicted molar refractivity (Wildman–Crippen MR) is 46.4 cm³/mol. The summed E-state index contributed by atoms with van der Waals surface area (Å²) in [7, 11) is 1.32. The number of aldehydes is 1. The zero-order valence-electron chi connectivity index (χ0n) is 7.24. The molecule has 1 radical (unpaired) electrons. The highest BCUT2D eigenvalue weighted by atomic mass is 16.5. The van der Waals surface area contributed by atoms with Gasteiger partial charge in [-0.05, 0) is 23.8 Å². The van der Waals surface area contributed by atoms with Crippen molar-refractivity contribution in [3.63, 3.8) is 0 Å². The second kappa shape index (κ2) is 4.40. The number of hydrogen-bond donors (Lipinski definition) is 0. The summed E-state index contributed by atoms with van der Waals surface area (Å²) in [6.07, 6.45) is 1.04. The molecule has 0 aliphatic heterocycles. The van der Waals surface area contributed by atoms with Crippen LogP contribution in [0.2, 0.25) is 0 Å². The second-order valence-electron chi connectivity index (χ2n) is 2.46. The minimum Gasteiger partial charge on any atom is -0.465 e. The summed E-state index contributed by atoms with van der Waals surface area (Å²) in [5.74, 6) is -0.402. The molecule has 1 aromatic carbocycles. The van der Waals surface area contributed by atoms with Crippen molar-refractivity contribution < 1.29 is 14.3 Å². The Bertz CT molecular complexity index is 318. The largest absolute Gasteiger partial charge is 0.465 e. The van der Waals surface area contributed by atoms with Crippen molar-refractivity contribution in [2.75, 3.05) is 7.11 Å². The fraction of sp³-hybridized carbons (Fsp3) is 0.200. The van der Waals surface area contributed by atoms with Gasteiger partial charge in [0, 0.05) is 6.42 Å². The first-order valence-corrected chi connectivity index (χ1v) is 3.80. The molecular weight excluding hydrogens is 168 g/mol. The minimum absolute atomic E-state index is 0.269. The van der Waals surface area contributed by atoms with Crippen LogP contribution in [0.4, 0.5) is 0 Å². The van der Waals surface area contributed by atoms with Gasteiger partial charge in [0.15, 0.2) is 0 Å². The summed E-state index contributed by atoms with van der Waals surface area (Å²) in [6.45, 7) is 0. The molecule has 3 nitrogen and oxygen atoms in total. The second-order valence-corrected chi connectivity index (χ2v) is 2.46. The zero-order valence-corrected chi connectivity index (χ0v) is 7.24. The Morgan fingerprint density at radius 1 is 1.69 bits per heavy atom. The molecule has 0 aromatic heterocycles. The van der Waals surface area contributed by atoms with E-state index in [4.69, 9.17) is 0 Å². The molecule has 1 aromatic rings. The van der Waals surface area contributed by atoms with Crippen molar-refractivity contribution in [1.29, 1.82) is 0 Å². The van der Waals surface area contributed by atoms with Crippen LogP contribution in [0.1, 0.15) is 15.9 Å². The number of rotatable bonds is 3. The van der Waals surface area contributed by atoms with E-state index in [1.807, 2.05) is 0 Å².